The van der Waals surface area contributed by atoms with Crippen LogP contribution in [-0.2, 0) is 0 Å². The van der Waals surface area contributed by atoms with Gasteiger partial charge in [-0.2, -0.15) is 5.26 Å². The molecule has 1 aliphatic heterocycles. The topological polar surface area (TPSA) is 30.3 Å². The molecule has 1 fully saturated rings. The van der Waals surface area contributed by atoms with Crippen molar-refractivity contribution in [3.8, 4) is 6.07 Å². The zero-order valence-electron chi connectivity index (χ0n) is 9.93. The van der Waals surface area contributed by atoms with Crippen LogP contribution in [0.1, 0.15) is 11.6 Å². The van der Waals surface area contributed by atoms with Gasteiger partial charge >= 0.3 is 0 Å². The number of halogens is 1. The zero-order valence-corrected chi connectivity index (χ0v) is 10.7. The average Bonchev–Trinajstić information content (AvgIpc) is 2.35. The van der Waals surface area contributed by atoms with Crippen molar-refractivity contribution >= 4 is 11.6 Å². The highest BCUT2D eigenvalue weighted by atomic mass is 35.5. The Kier molecular flexibility index (Phi) is 4.01. The molecule has 0 radical (unpaired) electrons. The smallest absolute Gasteiger partial charge is 0.123 e. The van der Waals surface area contributed by atoms with Crippen LogP contribution in [0.25, 0.3) is 0 Å². The monoisotopic (exact) mass is 249 g/mol. The minimum Gasteiger partial charge on any atom is -0.304 e. The molecule has 1 atom stereocenters. The maximum absolute atomic E-state index is 9.33. The quantitative estimate of drug-likeness (QED) is 0.805. The predicted molar refractivity (Wildman–Crippen MR) is 68.9 cm³/mol. The summed E-state index contributed by atoms with van der Waals surface area (Å²) < 4.78 is 0. The van der Waals surface area contributed by atoms with E-state index in [1.54, 1.807) is 0 Å². The first kappa shape index (κ1) is 12.4. The summed E-state index contributed by atoms with van der Waals surface area (Å²) in [6.07, 6.45) is 0. The van der Waals surface area contributed by atoms with Crippen molar-refractivity contribution in [2.24, 2.45) is 0 Å². The van der Waals surface area contributed by atoms with Crippen LogP contribution >= 0.6 is 11.6 Å². The van der Waals surface area contributed by atoms with Crippen LogP contribution in [-0.4, -0.2) is 43.0 Å². The molecule has 17 heavy (non-hydrogen) atoms. The minimum atomic E-state index is -0.152. The fourth-order valence-electron chi connectivity index (χ4n) is 2.09. The molecule has 0 unspecified atom stereocenters. The van der Waals surface area contributed by atoms with Gasteiger partial charge in [0.05, 0.1) is 6.07 Å². The molecule has 0 N–H and O–H groups in total. The Morgan fingerprint density at radius 1 is 1.18 bits per heavy atom. The molecule has 0 bridgehead atoms. The van der Waals surface area contributed by atoms with Crippen LogP contribution in [0.15, 0.2) is 24.3 Å². The molecule has 1 aromatic rings. The number of nitriles is 1. The van der Waals surface area contributed by atoms with E-state index in [1.165, 1.54) is 0 Å². The van der Waals surface area contributed by atoms with Crippen molar-refractivity contribution in [2.75, 3.05) is 33.2 Å². The highest BCUT2D eigenvalue weighted by Gasteiger charge is 2.23. The summed E-state index contributed by atoms with van der Waals surface area (Å²) >= 11 is 5.86. The van der Waals surface area contributed by atoms with E-state index in [0.717, 1.165) is 31.7 Å². The van der Waals surface area contributed by atoms with Crippen molar-refractivity contribution in [1.29, 1.82) is 5.26 Å². The molecule has 4 heteroatoms. The van der Waals surface area contributed by atoms with Crippen molar-refractivity contribution < 1.29 is 0 Å². The van der Waals surface area contributed by atoms with Gasteiger partial charge in [-0.1, -0.05) is 23.7 Å². The number of hydrogen-bond donors (Lipinski definition) is 0. The normalized spacial score (nSPS) is 19.8. The molecule has 3 nitrogen and oxygen atoms in total. The maximum Gasteiger partial charge on any atom is 0.123 e. The number of likely N-dealkylation sites (N-methyl/N-ethyl adjacent to an activating group) is 1. The number of hydrogen-bond acceptors (Lipinski definition) is 3. The summed E-state index contributed by atoms with van der Waals surface area (Å²) in [5, 5.41) is 10.0. The van der Waals surface area contributed by atoms with E-state index in [-0.39, 0.29) is 6.04 Å². The van der Waals surface area contributed by atoms with Gasteiger partial charge in [-0.3, -0.25) is 4.90 Å². The van der Waals surface area contributed by atoms with Gasteiger partial charge in [0.25, 0.3) is 0 Å². The molecular weight excluding hydrogens is 234 g/mol. The van der Waals surface area contributed by atoms with Gasteiger partial charge in [0, 0.05) is 31.2 Å². The van der Waals surface area contributed by atoms with E-state index in [4.69, 9.17) is 11.6 Å². The molecule has 1 heterocycles. The van der Waals surface area contributed by atoms with Crippen LogP contribution in [0.4, 0.5) is 0 Å². The third-order valence-electron chi connectivity index (χ3n) is 3.21. The van der Waals surface area contributed by atoms with E-state index >= 15 is 0 Å². The number of rotatable bonds is 2. The van der Waals surface area contributed by atoms with E-state index < -0.39 is 0 Å². The SMILES string of the molecule is CN1CCN([C@H](C#N)c2ccc(Cl)cc2)CC1. The Balaban J connectivity index is 2.11. The minimum absolute atomic E-state index is 0.152. The molecule has 0 aliphatic carbocycles. The standard InChI is InChI=1S/C13H16ClN3/c1-16-6-8-17(9-7-16)13(10-15)11-2-4-12(14)5-3-11/h2-5,13H,6-9H2,1H3/t13-/m1/s1. The molecule has 0 aromatic heterocycles. The van der Waals surface area contributed by atoms with E-state index in [2.05, 4.69) is 22.9 Å². The molecule has 1 aromatic carbocycles. The highest BCUT2D eigenvalue weighted by molar-refractivity contribution is 6.30. The average molecular weight is 250 g/mol. The van der Waals surface area contributed by atoms with Gasteiger partial charge < -0.3 is 4.90 Å². The first-order valence-corrected chi connectivity index (χ1v) is 6.16. The Morgan fingerprint density at radius 3 is 2.29 bits per heavy atom. The van der Waals surface area contributed by atoms with Crippen LogP contribution in [0.5, 0.6) is 0 Å². The third kappa shape index (κ3) is 2.98. The van der Waals surface area contributed by atoms with E-state index in [1.807, 2.05) is 24.3 Å². The van der Waals surface area contributed by atoms with Gasteiger partial charge in [0.1, 0.15) is 6.04 Å². The lowest BCUT2D eigenvalue weighted by Crippen LogP contribution is -2.45. The lowest BCUT2D eigenvalue weighted by Gasteiger charge is -2.35. The summed E-state index contributed by atoms with van der Waals surface area (Å²) in [5.74, 6) is 0. The van der Waals surface area contributed by atoms with Gasteiger partial charge in [-0.05, 0) is 24.7 Å². The van der Waals surface area contributed by atoms with Crippen molar-refractivity contribution in [3.05, 3.63) is 34.9 Å². The van der Waals surface area contributed by atoms with E-state index in [9.17, 15) is 5.26 Å². The Hall–Kier alpha value is -1.08. The van der Waals surface area contributed by atoms with Crippen molar-refractivity contribution in [2.45, 2.75) is 6.04 Å². The molecule has 90 valence electrons. The maximum atomic E-state index is 9.33. The summed E-state index contributed by atoms with van der Waals surface area (Å²) in [6, 6.07) is 9.80. The molecule has 1 aliphatic rings. The fraction of sp³-hybridized carbons (Fsp3) is 0.462. The van der Waals surface area contributed by atoms with Crippen LogP contribution < -0.4 is 0 Å². The molecule has 2 rings (SSSR count). The van der Waals surface area contributed by atoms with Crippen LogP contribution in [0.2, 0.25) is 5.02 Å². The molecule has 0 saturated carbocycles. The lowest BCUT2D eigenvalue weighted by atomic mass is 10.1. The lowest BCUT2D eigenvalue weighted by molar-refractivity contribution is 0.133. The van der Waals surface area contributed by atoms with Crippen molar-refractivity contribution in [3.63, 3.8) is 0 Å². The second-order valence-corrected chi connectivity index (χ2v) is 4.86. The highest BCUT2D eigenvalue weighted by Crippen LogP contribution is 2.22. The number of nitrogens with zero attached hydrogens (tertiary/aromatic N) is 3. The Bertz CT molecular complexity index is 402. The van der Waals surface area contributed by atoms with Crippen LogP contribution in [0, 0.1) is 11.3 Å². The molecule has 1 saturated heterocycles. The fourth-order valence-corrected chi connectivity index (χ4v) is 2.22. The Morgan fingerprint density at radius 2 is 1.76 bits per heavy atom. The summed E-state index contributed by atoms with van der Waals surface area (Å²) in [5.41, 5.74) is 1.03. The Labute approximate surface area is 107 Å². The van der Waals surface area contributed by atoms with Crippen LogP contribution in [0.3, 0.4) is 0 Å². The molecular formula is C13H16ClN3. The van der Waals surface area contributed by atoms with Gasteiger partial charge in [0.15, 0.2) is 0 Å². The first-order chi connectivity index (χ1) is 8.20. The first-order valence-electron chi connectivity index (χ1n) is 5.78. The zero-order chi connectivity index (χ0) is 12.3. The molecule has 0 spiro atoms. The van der Waals surface area contributed by atoms with Gasteiger partial charge in [-0.15, -0.1) is 0 Å². The summed E-state index contributed by atoms with van der Waals surface area (Å²) in [6.45, 7) is 3.92. The van der Waals surface area contributed by atoms with Gasteiger partial charge in [0.2, 0.25) is 0 Å². The van der Waals surface area contributed by atoms with E-state index in [0.29, 0.717) is 5.02 Å². The summed E-state index contributed by atoms with van der Waals surface area (Å²) in [7, 11) is 2.11. The van der Waals surface area contributed by atoms with Crippen molar-refractivity contribution in [1.82, 2.24) is 9.80 Å². The predicted octanol–water partition coefficient (Wildman–Crippen LogP) is 2.15. The third-order valence-corrected chi connectivity index (χ3v) is 3.46. The number of benzene rings is 1. The number of piperazine rings is 1. The summed E-state index contributed by atoms with van der Waals surface area (Å²) in [4.78, 5) is 4.51. The molecule has 0 amide bonds. The second kappa shape index (κ2) is 5.50. The second-order valence-electron chi connectivity index (χ2n) is 4.42. The largest absolute Gasteiger partial charge is 0.304 e. The van der Waals surface area contributed by atoms with Gasteiger partial charge in [-0.25, -0.2) is 0 Å².